The molecule has 0 radical (unpaired) electrons. The molecule has 0 spiro atoms. The first kappa shape index (κ1) is 19.8. The summed E-state index contributed by atoms with van der Waals surface area (Å²) in [6.45, 7) is 4.12. The van der Waals surface area contributed by atoms with E-state index >= 15 is 0 Å². The van der Waals surface area contributed by atoms with E-state index in [0.29, 0.717) is 17.5 Å². The fourth-order valence-corrected chi connectivity index (χ4v) is 4.49. The summed E-state index contributed by atoms with van der Waals surface area (Å²) in [5.74, 6) is 2.54. The van der Waals surface area contributed by atoms with Gasteiger partial charge in [-0.05, 0) is 50.5 Å². The number of aryl methyl sites for hydroxylation is 1. The van der Waals surface area contributed by atoms with E-state index in [4.69, 9.17) is 4.42 Å². The molecule has 1 fully saturated rings. The van der Waals surface area contributed by atoms with Gasteiger partial charge in [0, 0.05) is 18.7 Å². The van der Waals surface area contributed by atoms with Crippen molar-refractivity contribution in [1.82, 2.24) is 25.0 Å². The third kappa shape index (κ3) is 4.34. The predicted octanol–water partition coefficient (Wildman–Crippen LogP) is 4.91. The smallest absolute Gasteiger partial charge is 0.247 e. The summed E-state index contributed by atoms with van der Waals surface area (Å²) in [5.41, 5.74) is 3.21. The lowest BCUT2D eigenvalue weighted by molar-refractivity contribution is 0.528. The van der Waals surface area contributed by atoms with Crippen LogP contribution in [0.1, 0.15) is 30.7 Å². The summed E-state index contributed by atoms with van der Waals surface area (Å²) in [6, 6.07) is 18.3. The lowest BCUT2D eigenvalue weighted by atomic mass is 10.1. The minimum absolute atomic E-state index is 0.532. The van der Waals surface area contributed by atoms with Crippen LogP contribution in [-0.2, 0) is 5.75 Å². The van der Waals surface area contributed by atoms with E-state index in [0.717, 1.165) is 35.4 Å². The second-order valence-electron chi connectivity index (χ2n) is 7.66. The fraction of sp³-hybridized carbons (Fsp3) is 0.304. The van der Waals surface area contributed by atoms with Crippen molar-refractivity contribution in [2.75, 3.05) is 18.0 Å². The molecule has 4 aromatic rings. The molecule has 2 aromatic heterocycles. The molecule has 0 atom stereocenters. The van der Waals surface area contributed by atoms with Crippen LogP contribution in [0.5, 0.6) is 0 Å². The molecular formula is C23H24N6OS. The fourth-order valence-electron chi connectivity index (χ4n) is 3.71. The molecule has 31 heavy (non-hydrogen) atoms. The number of benzene rings is 2. The molecule has 1 saturated heterocycles. The van der Waals surface area contributed by atoms with Crippen molar-refractivity contribution in [3.63, 3.8) is 0 Å². The molecule has 0 unspecified atom stereocenters. The van der Waals surface area contributed by atoms with Crippen molar-refractivity contribution in [3.05, 3.63) is 66.1 Å². The molecule has 0 bridgehead atoms. The quantitative estimate of drug-likeness (QED) is 0.401. The van der Waals surface area contributed by atoms with Gasteiger partial charge in [-0.25, -0.2) is 0 Å². The Morgan fingerprint density at radius 3 is 2.42 bits per heavy atom. The first-order valence-electron chi connectivity index (χ1n) is 10.6. The van der Waals surface area contributed by atoms with Crippen molar-refractivity contribution in [2.45, 2.75) is 37.1 Å². The van der Waals surface area contributed by atoms with Gasteiger partial charge in [0.25, 0.3) is 0 Å². The number of aromatic nitrogens is 5. The zero-order valence-corrected chi connectivity index (χ0v) is 18.3. The number of piperidine rings is 1. The lowest BCUT2D eigenvalue weighted by Crippen LogP contribution is -2.31. The van der Waals surface area contributed by atoms with Gasteiger partial charge < -0.3 is 9.32 Å². The highest BCUT2D eigenvalue weighted by atomic mass is 32.2. The molecule has 7 nitrogen and oxygen atoms in total. The summed E-state index contributed by atoms with van der Waals surface area (Å²) in [7, 11) is 0. The number of nitrogens with zero attached hydrogens (tertiary/aromatic N) is 6. The number of hydrogen-bond acceptors (Lipinski definition) is 7. The Bertz CT molecular complexity index is 1130. The van der Waals surface area contributed by atoms with E-state index < -0.39 is 0 Å². The van der Waals surface area contributed by atoms with Gasteiger partial charge in [0.1, 0.15) is 0 Å². The van der Waals surface area contributed by atoms with Crippen molar-refractivity contribution in [1.29, 1.82) is 0 Å². The van der Waals surface area contributed by atoms with Gasteiger partial charge in [0.2, 0.25) is 17.7 Å². The Hall–Kier alpha value is -3.13. The van der Waals surface area contributed by atoms with E-state index in [1.807, 2.05) is 30.3 Å². The SMILES string of the molecule is Cc1ccc(-n2c(SCc3nnc(-c4ccccc4)o3)nnc2N2CCCCC2)cc1. The lowest BCUT2D eigenvalue weighted by Gasteiger charge is -2.27. The summed E-state index contributed by atoms with van der Waals surface area (Å²) in [5, 5.41) is 18.3. The maximum Gasteiger partial charge on any atom is 0.247 e. The molecule has 1 aliphatic rings. The number of hydrogen-bond donors (Lipinski definition) is 0. The zero-order valence-electron chi connectivity index (χ0n) is 17.4. The van der Waals surface area contributed by atoms with E-state index in [2.05, 4.69) is 61.1 Å². The van der Waals surface area contributed by atoms with Crippen LogP contribution < -0.4 is 4.90 Å². The van der Waals surface area contributed by atoms with Gasteiger partial charge in [0.05, 0.1) is 11.4 Å². The second-order valence-corrected chi connectivity index (χ2v) is 8.60. The summed E-state index contributed by atoms with van der Waals surface area (Å²) < 4.78 is 8.01. The summed E-state index contributed by atoms with van der Waals surface area (Å²) >= 11 is 1.56. The van der Waals surface area contributed by atoms with Gasteiger partial charge in [-0.15, -0.1) is 20.4 Å². The van der Waals surface area contributed by atoms with Crippen molar-refractivity contribution in [3.8, 4) is 17.1 Å². The predicted molar refractivity (Wildman–Crippen MR) is 121 cm³/mol. The van der Waals surface area contributed by atoms with Crippen LogP contribution in [0.3, 0.4) is 0 Å². The first-order chi connectivity index (χ1) is 15.3. The van der Waals surface area contributed by atoms with Gasteiger partial charge >= 0.3 is 0 Å². The normalized spacial score (nSPS) is 14.2. The minimum atomic E-state index is 0.532. The Labute approximate surface area is 185 Å². The van der Waals surface area contributed by atoms with Crippen molar-refractivity contribution in [2.24, 2.45) is 0 Å². The summed E-state index contributed by atoms with van der Waals surface area (Å²) in [6.07, 6.45) is 3.65. The third-order valence-electron chi connectivity index (χ3n) is 5.36. The van der Waals surface area contributed by atoms with Gasteiger partial charge in [-0.2, -0.15) is 0 Å². The van der Waals surface area contributed by atoms with Crippen LogP contribution in [0.4, 0.5) is 5.95 Å². The Morgan fingerprint density at radius 1 is 0.871 bits per heavy atom. The molecule has 0 N–H and O–H groups in total. The van der Waals surface area contributed by atoms with E-state index in [1.165, 1.54) is 24.8 Å². The van der Waals surface area contributed by atoms with Crippen molar-refractivity contribution >= 4 is 17.7 Å². The molecular weight excluding hydrogens is 408 g/mol. The van der Waals surface area contributed by atoms with Crippen LogP contribution in [0.2, 0.25) is 0 Å². The molecule has 0 amide bonds. The number of thioether (sulfide) groups is 1. The molecule has 3 heterocycles. The standard InChI is InChI=1S/C23H24N6OS/c1-17-10-12-19(13-11-17)29-22(28-14-6-3-7-15-28)26-27-23(29)31-16-20-24-25-21(30-20)18-8-4-2-5-9-18/h2,4-5,8-13H,3,6-7,14-16H2,1H3. The monoisotopic (exact) mass is 432 g/mol. The van der Waals surface area contributed by atoms with E-state index in [1.54, 1.807) is 11.8 Å². The largest absolute Gasteiger partial charge is 0.420 e. The van der Waals surface area contributed by atoms with Crippen molar-refractivity contribution < 1.29 is 4.42 Å². The molecule has 0 saturated carbocycles. The average Bonchev–Trinajstić information content (AvgIpc) is 3.47. The Morgan fingerprint density at radius 2 is 1.65 bits per heavy atom. The minimum Gasteiger partial charge on any atom is -0.420 e. The Kier molecular flexibility index (Phi) is 5.71. The zero-order chi connectivity index (χ0) is 21.0. The van der Waals surface area contributed by atoms with Crippen LogP contribution >= 0.6 is 11.8 Å². The summed E-state index contributed by atoms with van der Waals surface area (Å²) in [4.78, 5) is 2.33. The third-order valence-corrected chi connectivity index (χ3v) is 6.27. The molecule has 1 aliphatic heterocycles. The molecule has 0 aliphatic carbocycles. The highest BCUT2D eigenvalue weighted by molar-refractivity contribution is 7.98. The first-order valence-corrected chi connectivity index (χ1v) is 11.5. The highest BCUT2D eigenvalue weighted by Crippen LogP contribution is 2.30. The van der Waals surface area contributed by atoms with Crippen LogP contribution in [0.25, 0.3) is 17.1 Å². The number of rotatable bonds is 6. The van der Waals surface area contributed by atoms with Gasteiger partial charge in [0.15, 0.2) is 5.16 Å². The van der Waals surface area contributed by atoms with E-state index in [9.17, 15) is 0 Å². The average molecular weight is 433 g/mol. The molecule has 2 aromatic carbocycles. The second kappa shape index (κ2) is 8.93. The molecule has 5 rings (SSSR count). The highest BCUT2D eigenvalue weighted by Gasteiger charge is 2.22. The maximum atomic E-state index is 5.86. The van der Waals surface area contributed by atoms with Gasteiger partial charge in [-0.1, -0.05) is 47.7 Å². The molecule has 158 valence electrons. The van der Waals surface area contributed by atoms with Crippen LogP contribution in [-0.4, -0.2) is 38.1 Å². The van der Waals surface area contributed by atoms with Crippen LogP contribution in [0, 0.1) is 6.92 Å². The maximum absolute atomic E-state index is 5.86. The Balaban J connectivity index is 1.40. The van der Waals surface area contributed by atoms with Crippen LogP contribution in [0.15, 0.2) is 64.2 Å². The molecule has 8 heteroatoms. The van der Waals surface area contributed by atoms with E-state index in [-0.39, 0.29) is 0 Å². The topological polar surface area (TPSA) is 72.9 Å². The van der Waals surface area contributed by atoms with Gasteiger partial charge in [-0.3, -0.25) is 4.57 Å². The number of anilines is 1.